The van der Waals surface area contributed by atoms with Gasteiger partial charge in [0.05, 0.1) is 17.8 Å². The standard InChI is InChI=1S/C22H31ClN4O2/c1-14(2)12-27(13-15(3)4)19-7-6-17(16(5)10-21(28)29)11-18(19)25-20-8-9-24-22(23)26-20/h6-9,11,14-16H,10,12-13H2,1-5H3,(H,28,29)(H,24,25,26). The van der Waals surface area contributed by atoms with Crippen molar-refractivity contribution in [1.82, 2.24) is 9.97 Å². The molecule has 6 nitrogen and oxygen atoms in total. The first kappa shape index (κ1) is 22.9. The average molecular weight is 419 g/mol. The van der Waals surface area contributed by atoms with E-state index in [-0.39, 0.29) is 17.6 Å². The number of aliphatic carboxylic acids is 1. The van der Waals surface area contributed by atoms with Gasteiger partial charge >= 0.3 is 5.97 Å². The van der Waals surface area contributed by atoms with Crippen molar-refractivity contribution in [3.8, 4) is 0 Å². The highest BCUT2D eigenvalue weighted by Gasteiger charge is 2.18. The molecule has 1 aromatic carbocycles. The molecule has 0 bridgehead atoms. The van der Waals surface area contributed by atoms with E-state index in [4.69, 9.17) is 16.7 Å². The van der Waals surface area contributed by atoms with Gasteiger partial charge in [0.25, 0.3) is 0 Å². The molecule has 0 amide bonds. The first-order valence-corrected chi connectivity index (χ1v) is 10.4. The fourth-order valence-corrected chi connectivity index (χ4v) is 3.46. The van der Waals surface area contributed by atoms with Crippen LogP contribution < -0.4 is 10.2 Å². The summed E-state index contributed by atoms with van der Waals surface area (Å²) in [5, 5.41) is 12.7. The maximum atomic E-state index is 11.2. The SMILES string of the molecule is CC(C)CN(CC(C)C)c1ccc(C(C)CC(=O)O)cc1Nc1ccnc(Cl)n1. The minimum Gasteiger partial charge on any atom is -0.481 e. The fourth-order valence-electron chi connectivity index (χ4n) is 3.31. The van der Waals surface area contributed by atoms with E-state index in [9.17, 15) is 4.79 Å². The van der Waals surface area contributed by atoms with Crippen molar-refractivity contribution in [2.75, 3.05) is 23.3 Å². The molecule has 1 aromatic heterocycles. The van der Waals surface area contributed by atoms with Gasteiger partial charge < -0.3 is 15.3 Å². The smallest absolute Gasteiger partial charge is 0.303 e. The Kier molecular flexibility index (Phi) is 8.26. The number of carbonyl (C=O) groups is 1. The molecule has 0 aliphatic rings. The second-order valence-corrected chi connectivity index (χ2v) is 8.64. The normalized spacial score (nSPS) is 12.3. The third kappa shape index (κ3) is 7.20. The van der Waals surface area contributed by atoms with Crippen LogP contribution in [0.25, 0.3) is 0 Å². The summed E-state index contributed by atoms with van der Waals surface area (Å²) in [7, 11) is 0. The Hall–Kier alpha value is -2.34. The van der Waals surface area contributed by atoms with E-state index in [0.717, 1.165) is 30.0 Å². The molecule has 0 aliphatic carbocycles. The van der Waals surface area contributed by atoms with Crippen molar-refractivity contribution in [2.24, 2.45) is 11.8 Å². The highest BCUT2D eigenvalue weighted by Crippen LogP contribution is 2.34. The average Bonchev–Trinajstić information content (AvgIpc) is 2.59. The van der Waals surface area contributed by atoms with Gasteiger partial charge in [-0.25, -0.2) is 9.97 Å². The number of halogens is 1. The van der Waals surface area contributed by atoms with Crippen LogP contribution in [0.4, 0.5) is 17.2 Å². The minimum atomic E-state index is -0.806. The summed E-state index contributed by atoms with van der Waals surface area (Å²) in [4.78, 5) is 21.7. The lowest BCUT2D eigenvalue weighted by Crippen LogP contribution is -2.31. The number of aromatic nitrogens is 2. The van der Waals surface area contributed by atoms with Crippen molar-refractivity contribution < 1.29 is 9.90 Å². The molecule has 158 valence electrons. The summed E-state index contributed by atoms with van der Waals surface area (Å²) >= 11 is 5.95. The van der Waals surface area contributed by atoms with E-state index in [1.807, 2.05) is 19.1 Å². The predicted octanol–water partition coefficient (Wildman–Crippen LogP) is 5.57. The number of nitrogens with one attached hydrogen (secondary N) is 1. The Balaban J connectivity index is 2.47. The molecule has 0 saturated heterocycles. The molecular weight excluding hydrogens is 388 g/mol. The summed E-state index contributed by atoms with van der Waals surface area (Å²) < 4.78 is 0. The molecule has 0 spiro atoms. The van der Waals surface area contributed by atoms with Gasteiger partial charge in [-0.2, -0.15) is 0 Å². The van der Waals surface area contributed by atoms with Crippen LogP contribution in [0.2, 0.25) is 5.28 Å². The summed E-state index contributed by atoms with van der Waals surface area (Å²) in [6, 6.07) is 7.88. The number of carboxylic acid groups (broad SMARTS) is 1. The van der Waals surface area contributed by atoms with E-state index in [1.165, 1.54) is 0 Å². The number of anilines is 3. The van der Waals surface area contributed by atoms with E-state index in [2.05, 4.69) is 53.9 Å². The first-order chi connectivity index (χ1) is 13.7. The van der Waals surface area contributed by atoms with Crippen LogP contribution in [-0.4, -0.2) is 34.1 Å². The van der Waals surface area contributed by atoms with Crippen LogP contribution in [0.15, 0.2) is 30.5 Å². The molecule has 29 heavy (non-hydrogen) atoms. The highest BCUT2D eigenvalue weighted by molar-refractivity contribution is 6.28. The molecule has 0 fully saturated rings. The van der Waals surface area contributed by atoms with Crippen LogP contribution in [0.1, 0.15) is 52.5 Å². The Bertz CT molecular complexity index is 816. The largest absolute Gasteiger partial charge is 0.481 e. The van der Waals surface area contributed by atoms with E-state index < -0.39 is 5.97 Å². The van der Waals surface area contributed by atoms with Gasteiger partial charge in [0, 0.05) is 19.3 Å². The van der Waals surface area contributed by atoms with Crippen LogP contribution in [0, 0.1) is 11.8 Å². The van der Waals surface area contributed by atoms with Gasteiger partial charge in [-0.1, -0.05) is 40.7 Å². The molecule has 7 heteroatoms. The van der Waals surface area contributed by atoms with Crippen molar-refractivity contribution >= 4 is 34.8 Å². The number of carboxylic acids is 1. The second kappa shape index (κ2) is 10.4. The lowest BCUT2D eigenvalue weighted by molar-refractivity contribution is -0.137. The van der Waals surface area contributed by atoms with E-state index >= 15 is 0 Å². The Morgan fingerprint density at radius 3 is 2.34 bits per heavy atom. The topological polar surface area (TPSA) is 78.4 Å². The van der Waals surface area contributed by atoms with Gasteiger partial charge in [-0.3, -0.25) is 4.79 Å². The van der Waals surface area contributed by atoms with Crippen molar-refractivity contribution in [3.05, 3.63) is 41.3 Å². The van der Waals surface area contributed by atoms with Crippen molar-refractivity contribution in [3.63, 3.8) is 0 Å². The van der Waals surface area contributed by atoms with Gasteiger partial charge in [0.15, 0.2) is 0 Å². The molecule has 1 heterocycles. The summed E-state index contributed by atoms with van der Waals surface area (Å²) in [6.45, 7) is 12.6. The molecule has 1 unspecified atom stereocenters. The monoisotopic (exact) mass is 418 g/mol. The van der Waals surface area contributed by atoms with Gasteiger partial charge in [-0.05, 0) is 53.1 Å². The van der Waals surface area contributed by atoms with Crippen LogP contribution >= 0.6 is 11.6 Å². The minimum absolute atomic E-state index is 0.0832. The maximum absolute atomic E-state index is 11.2. The highest BCUT2D eigenvalue weighted by atomic mass is 35.5. The van der Waals surface area contributed by atoms with Crippen LogP contribution in [-0.2, 0) is 4.79 Å². The van der Waals surface area contributed by atoms with E-state index in [0.29, 0.717) is 17.7 Å². The Morgan fingerprint density at radius 2 is 1.79 bits per heavy atom. The maximum Gasteiger partial charge on any atom is 0.303 e. The number of nitrogens with zero attached hydrogens (tertiary/aromatic N) is 3. The zero-order chi connectivity index (χ0) is 21.6. The van der Waals surface area contributed by atoms with Gasteiger partial charge in [-0.15, -0.1) is 0 Å². The van der Waals surface area contributed by atoms with E-state index in [1.54, 1.807) is 12.3 Å². The summed E-state index contributed by atoms with van der Waals surface area (Å²) in [5.41, 5.74) is 2.91. The Morgan fingerprint density at radius 1 is 1.14 bits per heavy atom. The zero-order valence-corrected chi connectivity index (χ0v) is 18.6. The molecule has 2 rings (SSSR count). The van der Waals surface area contributed by atoms with Crippen LogP contribution in [0.5, 0.6) is 0 Å². The number of rotatable bonds is 10. The molecular formula is C22H31ClN4O2. The number of hydrogen-bond donors (Lipinski definition) is 2. The number of benzene rings is 1. The predicted molar refractivity (Wildman–Crippen MR) is 119 cm³/mol. The molecule has 2 N–H and O–H groups in total. The van der Waals surface area contributed by atoms with Gasteiger partial charge in [0.2, 0.25) is 5.28 Å². The molecule has 2 aromatic rings. The fraction of sp³-hybridized carbons (Fsp3) is 0.500. The molecule has 1 atom stereocenters. The van der Waals surface area contributed by atoms with Crippen molar-refractivity contribution in [1.29, 1.82) is 0 Å². The first-order valence-electron chi connectivity index (χ1n) is 10.0. The third-order valence-electron chi connectivity index (χ3n) is 4.47. The second-order valence-electron chi connectivity index (χ2n) is 8.30. The Labute approximate surface area is 178 Å². The van der Waals surface area contributed by atoms with Gasteiger partial charge in [0.1, 0.15) is 5.82 Å². The third-order valence-corrected chi connectivity index (χ3v) is 4.65. The van der Waals surface area contributed by atoms with Crippen molar-refractivity contribution in [2.45, 2.75) is 47.0 Å². The quantitative estimate of drug-likeness (QED) is 0.491. The molecule has 0 radical (unpaired) electrons. The lowest BCUT2D eigenvalue weighted by atomic mass is 9.96. The number of hydrogen-bond acceptors (Lipinski definition) is 5. The molecule has 0 aliphatic heterocycles. The van der Waals surface area contributed by atoms with Crippen LogP contribution in [0.3, 0.4) is 0 Å². The zero-order valence-electron chi connectivity index (χ0n) is 17.8. The lowest BCUT2D eigenvalue weighted by Gasteiger charge is -2.31. The summed E-state index contributed by atoms with van der Waals surface area (Å²) in [5.74, 6) is 0.699. The summed E-state index contributed by atoms with van der Waals surface area (Å²) in [6.07, 6.45) is 1.69. The molecule has 0 saturated carbocycles.